The van der Waals surface area contributed by atoms with Gasteiger partial charge in [-0.25, -0.2) is 0 Å². The van der Waals surface area contributed by atoms with Crippen LogP contribution in [0, 0.1) is 5.92 Å². The van der Waals surface area contributed by atoms with Crippen molar-refractivity contribution < 1.29 is 19.8 Å². The van der Waals surface area contributed by atoms with E-state index in [0.717, 1.165) is 0 Å². The molecule has 0 atom stereocenters. The van der Waals surface area contributed by atoms with E-state index in [-0.39, 0.29) is 5.56 Å². The Morgan fingerprint density at radius 3 is 1.77 bits per heavy atom. The molecule has 2 N–H and O–H groups in total. The Bertz CT molecular complexity index is 304. The number of carboxylic acid groups (broad SMARTS) is 2. The molecular weight excluding hydrogens is 172 g/mol. The van der Waals surface area contributed by atoms with Crippen LogP contribution in [-0.4, -0.2) is 22.2 Å². The van der Waals surface area contributed by atoms with Gasteiger partial charge in [0.2, 0.25) is 5.92 Å². The fourth-order valence-electron chi connectivity index (χ4n) is 0.943. The topological polar surface area (TPSA) is 74.6 Å². The van der Waals surface area contributed by atoms with Gasteiger partial charge in [-0.2, -0.15) is 0 Å². The Morgan fingerprint density at radius 2 is 1.38 bits per heavy atom. The molecule has 1 aromatic carbocycles. The second-order valence-corrected chi connectivity index (χ2v) is 2.35. The zero-order chi connectivity index (χ0) is 9.84. The van der Waals surface area contributed by atoms with Gasteiger partial charge in [0, 0.05) is 0 Å². The molecule has 0 aliphatic heterocycles. The molecule has 13 heavy (non-hydrogen) atoms. The third-order valence-electron chi connectivity index (χ3n) is 1.49. The summed E-state index contributed by atoms with van der Waals surface area (Å²) in [6.45, 7) is 0. The lowest BCUT2D eigenvalue weighted by Gasteiger charge is -2.04. The van der Waals surface area contributed by atoms with Gasteiger partial charge in [-0.05, 0) is 5.56 Å². The number of rotatable bonds is 3. The fraction of sp³-hybridized carbons (Fsp3) is 0. The number of hydrogen-bond acceptors (Lipinski definition) is 2. The fourth-order valence-corrected chi connectivity index (χ4v) is 0.943. The lowest BCUT2D eigenvalue weighted by atomic mass is 10.00. The molecule has 0 unspecified atom stereocenters. The normalized spacial score (nSPS) is 9.92. The van der Waals surface area contributed by atoms with E-state index in [1.807, 2.05) is 0 Å². The van der Waals surface area contributed by atoms with Crippen LogP contribution in [0.25, 0.3) is 0 Å². The summed E-state index contributed by atoms with van der Waals surface area (Å²) < 4.78 is 0. The monoisotopic (exact) mass is 179 g/mol. The average Bonchev–Trinajstić information content (AvgIpc) is 2.04. The van der Waals surface area contributed by atoms with Crippen molar-refractivity contribution >= 4 is 11.9 Å². The summed E-state index contributed by atoms with van der Waals surface area (Å²) in [6.07, 6.45) is 0. The molecule has 0 aliphatic rings. The zero-order valence-electron chi connectivity index (χ0n) is 6.60. The second kappa shape index (κ2) is 3.71. The molecule has 0 fully saturated rings. The van der Waals surface area contributed by atoms with Crippen LogP contribution in [0.4, 0.5) is 0 Å². The molecule has 4 nitrogen and oxygen atoms in total. The van der Waals surface area contributed by atoms with Crippen molar-refractivity contribution in [3.05, 3.63) is 41.8 Å². The van der Waals surface area contributed by atoms with Crippen LogP contribution >= 0.6 is 0 Å². The van der Waals surface area contributed by atoms with Gasteiger partial charge in [0.05, 0.1) is 0 Å². The molecule has 0 spiro atoms. The third kappa shape index (κ3) is 2.05. The lowest BCUT2D eigenvalue weighted by molar-refractivity contribution is -0.143. The molecule has 0 heterocycles. The van der Waals surface area contributed by atoms with E-state index in [1.54, 1.807) is 18.2 Å². The van der Waals surface area contributed by atoms with Gasteiger partial charge in [-0.3, -0.25) is 9.59 Å². The van der Waals surface area contributed by atoms with Crippen molar-refractivity contribution in [3.8, 4) is 0 Å². The Kier molecular flexibility index (Phi) is 2.64. The Labute approximate surface area is 74.4 Å². The molecule has 0 bridgehead atoms. The molecule has 0 aromatic heterocycles. The first kappa shape index (κ1) is 9.25. The van der Waals surface area contributed by atoms with Crippen molar-refractivity contribution in [2.45, 2.75) is 0 Å². The van der Waals surface area contributed by atoms with Gasteiger partial charge in [-0.15, -0.1) is 0 Å². The molecule has 0 aliphatic carbocycles. The maximum Gasteiger partial charge on any atom is 0.327 e. The molecular formula is C9H7O4. The first-order chi connectivity index (χ1) is 6.13. The van der Waals surface area contributed by atoms with E-state index in [4.69, 9.17) is 10.2 Å². The number of aliphatic carboxylic acids is 2. The number of hydrogen-bond donors (Lipinski definition) is 2. The highest BCUT2D eigenvalue weighted by Crippen LogP contribution is 2.14. The van der Waals surface area contributed by atoms with Crippen LogP contribution in [0.3, 0.4) is 0 Å². The van der Waals surface area contributed by atoms with Crippen LogP contribution in [0.2, 0.25) is 0 Å². The summed E-state index contributed by atoms with van der Waals surface area (Å²) in [5.41, 5.74) is 0.197. The first-order valence-corrected chi connectivity index (χ1v) is 3.52. The van der Waals surface area contributed by atoms with E-state index < -0.39 is 17.9 Å². The second-order valence-electron chi connectivity index (χ2n) is 2.35. The standard InChI is InChI=1S/C9H7O4/c10-8(11)7(9(12)13)6-4-2-1-3-5-6/h1-5H,(H,10,11)(H,12,13). The van der Waals surface area contributed by atoms with E-state index in [9.17, 15) is 9.59 Å². The van der Waals surface area contributed by atoms with Gasteiger partial charge < -0.3 is 10.2 Å². The van der Waals surface area contributed by atoms with Crippen molar-refractivity contribution in [3.63, 3.8) is 0 Å². The van der Waals surface area contributed by atoms with E-state index in [1.165, 1.54) is 12.1 Å². The SMILES string of the molecule is O=C(O)[C](C(=O)O)c1ccccc1. The minimum absolute atomic E-state index is 0.197. The Morgan fingerprint density at radius 1 is 0.923 bits per heavy atom. The van der Waals surface area contributed by atoms with E-state index in [0.29, 0.717) is 0 Å². The predicted molar refractivity (Wildman–Crippen MR) is 44.1 cm³/mol. The number of benzene rings is 1. The van der Waals surface area contributed by atoms with Gasteiger partial charge in [0.1, 0.15) is 0 Å². The molecule has 1 aromatic rings. The smallest absolute Gasteiger partial charge is 0.327 e. The summed E-state index contributed by atoms with van der Waals surface area (Å²) in [6, 6.07) is 7.74. The summed E-state index contributed by atoms with van der Waals surface area (Å²) in [5, 5.41) is 17.2. The number of carbonyl (C=O) groups is 2. The van der Waals surface area contributed by atoms with Gasteiger partial charge in [-0.1, -0.05) is 30.3 Å². The third-order valence-corrected chi connectivity index (χ3v) is 1.49. The summed E-state index contributed by atoms with van der Waals surface area (Å²) in [5.74, 6) is -3.47. The summed E-state index contributed by atoms with van der Waals surface area (Å²) in [4.78, 5) is 21.0. The van der Waals surface area contributed by atoms with Crippen molar-refractivity contribution in [1.29, 1.82) is 0 Å². The summed E-state index contributed by atoms with van der Waals surface area (Å²) in [7, 11) is 0. The molecule has 67 valence electrons. The minimum atomic E-state index is -1.43. The predicted octanol–water partition coefficient (Wildman–Crippen LogP) is 0.778. The van der Waals surface area contributed by atoms with E-state index >= 15 is 0 Å². The van der Waals surface area contributed by atoms with Crippen LogP contribution < -0.4 is 0 Å². The average molecular weight is 179 g/mol. The van der Waals surface area contributed by atoms with Crippen LogP contribution in [0.1, 0.15) is 5.56 Å². The number of carboxylic acids is 2. The summed E-state index contributed by atoms with van der Waals surface area (Å²) >= 11 is 0. The highest BCUT2D eigenvalue weighted by molar-refractivity contribution is 6.12. The highest BCUT2D eigenvalue weighted by Gasteiger charge is 2.28. The molecule has 1 rings (SSSR count). The van der Waals surface area contributed by atoms with Crippen LogP contribution in [-0.2, 0) is 9.59 Å². The van der Waals surface area contributed by atoms with Gasteiger partial charge in [0.25, 0.3) is 0 Å². The van der Waals surface area contributed by atoms with Crippen molar-refractivity contribution in [2.75, 3.05) is 0 Å². The van der Waals surface area contributed by atoms with Crippen LogP contribution in [0.5, 0.6) is 0 Å². The molecule has 4 heteroatoms. The quantitative estimate of drug-likeness (QED) is 0.672. The van der Waals surface area contributed by atoms with Crippen molar-refractivity contribution in [1.82, 2.24) is 0 Å². The molecule has 0 amide bonds. The van der Waals surface area contributed by atoms with Gasteiger partial charge >= 0.3 is 11.9 Å². The Balaban J connectivity index is 3.03. The minimum Gasteiger partial charge on any atom is -0.480 e. The van der Waals surface area contributed by atoms with E-state index in [2.05, 4.69) is 0 Å². The Hall–Kier alpha value is -1.84. The van der Waals surface area contributed by atoms with Gasteiger partial charge in [0.15, 0.2) is 0 Å². The molecule has 0 saturated carbocycles. The maximum absolute atomic E-state index is 10.5. The highest BCUT2D eigenvalue weighted by atomic mass is 16.4. The molecule has 0 saturated heterocycles. The van der Waals surface area contributed by atoms with Crippen molar-refractivity contribution in [2.24, 2.45) is 0 Å². The molecule has 1 radical (unpaired) electrons. The zero-order valence-corrected chi connectivity index (χ0v) is 6.60. The largest absolute Gasteiger partial charge is 0.480 e. The lowest BCUT2D eigenvalue weighted by Crippen LogP contribution is -2.21. The maximum atomic E-state index is 10.5. The van der Waals surface area contributed by atoms with Crippen LogP contribution in [0.15, 0.2) is 30.3 Å². The first-order valence-electron chi connectivity index (χ1n) is 3.52.